The third-order valence-electron chi connectivity index (χ3n) is 4.74. The molecule has 2 heterocycles. The molecular formula is C20H56Cl8N8. The van der Waals surface area contributed by atoms with Crippen molar-refractivity contribution in [2.45, 2.75) is 25.7 Å². The molecule has 0 atom stereocenters. The van der Waals surface area contributed by atoms with Gasteiger partial charge in [0.1, 0.15) is 0 Å². The molecule has 0 aromatic rings. The lowest BCUT2D eigenvalue weighted by Gasteiger charge is -2.10. The predicted octanol–water partition coefficient (Wildman–Crippen LogP) is 1.65. The topological polar surface area (TPSA) is 96.2 Å². The lowest BCUT2D eigenvalue weighted by atomic mass is 10.3. The van der Waals surface area contributed by atoms with E-state index in [1.807, 2.05) is 0 Å². The molecule has 2 saturated heterocycles. The summed E-state index contributed by atoms with van der Waals surface area (Å²) in [7, 11) is 0. The van der Waals surface area contributed by atoms with E-state index in [9.17, 15) is 0 Å². The van der Waals surface area contributed by atoms with Crippen molar-refractivity contribution in [1.29, 1.82) is 0 Å². The first kappa shape index (κ1) is 57.8. The average Bonchev–Trinajstić information content (AvgIpc) is 2.72. The summed E-state index contributed by atoms with van der Waals surface area (Å²) in [6, 6.07) is 0. The second kappa shape index (κ2) is 53.3. The van der Waals surface area contributed by atoms with Crippen molar-refractivity contribution >= 4 is 99.3 Å². The number of hydrogen-bond acceptors (Lipinski definition) is 8. The van der Waals surface area contributed by atoms with E-state index in [2.05, 4.69) is 42.5 Å². The molecule has 0 aliphatic carbocycles. The van der Waals surface area contributed by atoms with Crippen LogP contribution in [0.1, 0.15) is 25.7 Å². The van der Waals surface area contributed by atoms with E-state index < -0.39 is 0 Å². The lowest BCUT2D eigenvalue weighted by Crippen LogP contribution is -2.34. The van der Waals surface area contributed by atoms with Gasteiger partial charge in [-0.05, 0) is 78.0 Å². The van der Waals surface area contributed by atoms with Gasteiger partial charge in [0, 0.05) is 52.4 Å². The molecule has 2 rings (SSSR count). The number of nitrogens with one attached hydrogen (secondary N) is 8. The van der Waals surface area contributed by atoms with Crippen LogP contribution in [0.2, 0.25) is 0 Å². The van der Waals surface area contributed by atoms with Gasteiger partial charge in [-0.2, -0.15) is 0 Å². The molecular weight excluding hydrogens is 636 g/mol. The Morgan fingerprint density at radius 2 is 0.278 bits per heavy atom. The maximum absolute atomic E-state index is 3.42. The van der Waals surface area contributed by atoms with Crippen molar-refractivity contribution < 1.29 is 0 Å². The molecule has 2 fully saturated rings. The summed E-state index contributed by atoms with van der Waals surface area (Å²) in [5, 5.41) is 27.4. The first-order chi connectivity index (χ1) is 14.0. The smallest absolute Gasteiger partial charge is 0.00767 e. The zero-order valence-corrected chi connectivity index (χ0v) is 27.9. The van der Waals surface area contributed by atoms with Crippen LogP contribution in [0, 0.1) is 0 Å². The Morgan fingerprint density at radius 3 is 0.389 bits per heavy atom. The number of hydrogen-bond donors (Lipinski definition) is 8. The molecule has 36 heavy (non-hydrogen) atoms. The number of halogens is 8. The van der Waals surface area contributed by atoms with Gasteiger partial charge in [-0.3, -0.25) is 0 Å². The first-order valence-corrected chi connectivity index (χ1v) is 11.7. The van der Waals surface area contributed by atoms with Crippen molar-refractivity contribution in [3.8, 4) is 0 Å². The van der Waals surface area contributed by atoms with Crippen LogP contribution in [-0.4, -0.2) is 105 Å². The van der Waals surface area contributed by atoms with Crippen LogP contribution in [0.5, 0.6) is 0 Å². The Hall–Kier alpha value is 2.00. The van der Waals surface area contributed by atoms with Crippen LogP contribution < -0.4 is 42.5 Å². The van der Waals surface area contributed by atoms with Crippen molar-refractivity contribution in [1.82, 2.24) is 42.5 Å². The van der Waals surface area contributed by atoms with Gasteiger partial charge < -0.3 is 42.5 Å². The van der Waals surface area contributed by atoms with Crippen molar-refractivity contribution in [3.63, 3.8) is 0 Å². The van der Waals surface area contributed by atoms with E-state index >= 15 is 0 Å². The molecule has 2 aliphatic heterocycles. The zero-order chi connectivity index (χ0) is 19.8. The molecule has 0 aromatic carbocycles. The van der Waals surface area contributed by atoms with Crippen LogP contribution in [-0.2, 0) is 0 Å². The maximum atomic E-state index is 3.42. The van der Waals surface area contributed by atoms with Gasteiger partial charge in [0.2, 0.25) is 0 Å². The van der Waals surface area contributed by atoms with Crippen molar-refractivity contribution in [2.24, 2.45) is 0 Å². The van der Waals surface area contributed by atoms with Crippen molar-refractivity contribution in [2.75, 3.05) is 105 Å². The standard InChI is InChI=1S/2C10H24N4.8ClH/c2*1-3-11-7-9-13-5-2-6-14-10-8-12-4-1;;;;;;;;/h2*11-14H,1-10H2;8*1H. The summed E-state index contributed by atoms with van der Waals surface area (Å²) in [6.45, 7) is 17.7. The van der Waals surface area contributed by atoms with Gasteiger partial charge >= 0.3 is 0 Å². The van der Waals surface area contributed by atoms with Gasteiger partial charge in [-0.15, -0.1) is 99.3 Å². The molecule has 0 amide bonds. The minimum absolute atomic E-state index is 0. The zero-order valence-electron chi connectivity index (χ0n) is 21.4. The van der Waals surface area contributed by atoms with E-state index in [-0.39, 0.29) is 99.3 Å². The minimum atomic E-state index is 0. The summed E-state index contributed by atoms with van der Waals surface area (Å²) in [5.74, 6) is 0. The summed E-state index contributed by atoms with van der Waals surface area (Å²) in [4.78, 5) is 0. The molecule has 0 unspecified atom stereocenters. The number of rotatable bonds is 0. The Morgan fingerprint density at radius 1 is 0.167 bits per heavy atom. The van der Waals surface area contributed by atoms with Crippen molar-refractivity contribution in [3.05, 3.63) is 0 Å². The second-order valence-corrected chi connectivity index (χ2v) is 7.41. The van der Waals surface area contributed by atoms with E-state index in [4.69, 9.17) is 0 Å². The molecule has 0 radical (unpaired) electrons. The monoisotopic (exact) mass is 688 g/mol. The molecule has 0 saturated carbocycles. The highest BCUT2D eigenvalue weighted by Crippen LogP contribution is 1.77. The Kier molecular flexibility index (Phi) is 85.5. The van der Waals surface area contributed by atoms with E-state index in [1.54, 1.807) is 0 Å². The molecule has 16 heteroatoms. The third kappa shape index (κ3) is 49.0. The molecule has 8 N–H and O–H groups in total. The maximum Gasteiger partial charge on any atom is 0.00767 e. The SMILES string of the molecule is C1CNCCNCCCNCCNC1.C1CNCCNCCCNCCNC1.Cl.Cl.Cl.Cl.Cl.Cl.Cl.Cl. The van der Waals surface area contributed by atoms with Gasteiger partial charge in [0.25, 0.3) is 0 Å². The third-order valence-corrected chi connectivity index (χ3v) is 4.74. The van der Waals surface area contributed by atoms with Crippen LogP contribution in [0.15, 0.2) is 0 Å². The second-order valence-electron chi connectivity index (χ2n) is 7.41. The van der Waals surface area contributed by atoms with Gasteiger partial charge in [-0.1, -0.05) is 0 Å². The average molecular weight is 692 g/mol. The summed E-state index contributed by atoms with van der Waals surface area (Å²) < 4.78 is 0. The minimum Gasteiger partial charge on any atom is -0.315 e. The van der Waals surface area contributed by atoms with E-state index in [1.165, 1.54) is 25.7 Å². The van der Waals surface area contributed by atoms with Crippen LogP contribution >= 0.6 is 99.3 Å². The highest BCUT2D eigenvalue weighted by molar-refractivity contribution is 5.86. The lowest BCUT2D eigenvalue weighted by molar-refractivity contribution is 0.530. The highest BCUT2D eigenvalue weighted by atomic mass is 35.5. The van der Waals surface area contributed by atoms with E-state index in [0.29, 0.717) is 0 Å². The molecule has 0 spiro atoms. The van der Waals surface area contributed by atoms with E-state index in [0.717, 1.165) is 105 Å². The Bertz CT molecular complexity index is 186. The van der Waals surface area contributed by atoms with Gasteiger partial charge in [0.15, 0.2) is 0 Å². The fourth-order valence-corrected chi connectivity index (χ4v) is 3.06. The van der Waals surface area contributed by atoms with Gasteiger partial charge in [0.05, 0.1) is 0 Å². The molecule has 232 valence electrons. The molecule has 8 nitrogen and oxygen atoms in total. The first-order valence-electron chi connectivity index (χ1n) is 11.7. The predicted molar refractivity (Wildman–Crippen MR) is 179 cm³/mol. The fourth-order valence-electron chi connectivity index (χ4n) is 3.06. The summed E-state index contributed by atoms with van der Waals surface area (Å²) in [6.07, 6.45) is 4.89. The quantitative estimate of drug-likeness (QED) is 0.195. The fraction of sp³-hybridized carbons (Fsp3) is 1.00. The highest BCUT2D eigenvalue weighted by Gasteiger charge is 1.94. The normalized spacial score (nSPS) is 18.7. The van der Waals surface area contributed by atoms with Crippen LogP contribution in [0.3, 0.4) is 0 Å². The Labute approximate surface area is 270 Å². The van der Waals surface area contributed by atoms with Gasteiger partial charge in [-0.25, -0.2) is 0 Å². The summed E-state index contributed by atoms with van der Waals surface area (Å²) in [5.41, 5.74) is 0. The van der Waals surface area contributed by atoms with Crippen LogP contribution in [0.25, 0.3) is 0 Å². The van der Waals surface area contributed by atoms with Crippen LogP contribution in [0.4, 0.5) is 0 Å². The Balaban J connectivity index is -0.0000000594. The largest absolute Gasteiger partial charge is 0.315 e. The molecule has 0 aromatic heterocycles. The summed E-state index contributed by atoms with van der Waals surface area (Å²) >= 11 is 0. The molecule has 2 aliphatic rings. The molecule has 0 bridgehead atoms.